The standard InChI is InChI=1S/C8H16N2O/c1-3-6-4-7(6)10-8(11)5(2)9/h5-7H,3-4,9H2,1-2H3,(H,10,11). The first-order valence-corrected chi connectivity index (χ1v) is 4.21. The lowest BCUT2D eigenvalue weighted by atomic mass is 10.3. The Balaban J connectivity index is 2.18. The molecule has 3 nitrogen and oxygen atoms in total. The second-order valence-electron chi connectivity index (χ2n) is 3.31. The van der Waals surface area contributed by atoms with Crippen molar-refractivity contribution < 1.29 is 4.79 Å². The molecular formula is C8H16N2O. The van der Waals surface area contributed by atoms with E-state index >= 15 is 0 Å². The minimum absolute atomic E-state index is 0.0223. The zero-order valence-electron chi connectivity index (χ0n) is 7.13. The highest BCUT2D eigenvalue weighted by Gasteiger charge is 2.36. The predicted molar refractivity (Wildman–Crippen MR) is 44.0 cm³/mol. The first-order chi connectivity index (χ1) is 5.15. The summed E-state index contributed by atoms with van der Waals surface area (Å²) in [4.78, 5) is 11.0. The Labute approximate surface area is 67.3 Å². The van der Waals surface area contributed by atoms with Crippen LogP contribution in [0.3, 0.4) is 0 Å². The molecule has 1 saturated carbocycles. The van der Waals surface area contributed by atoms with Crippen LogP contribution in [0.15, 0.2) is 0 Å². The van der Waals surface area contributed by atoms with Gasteiger partial charge in [0.25, 0.3) is 0 Å². The van der Waals surface area contributed by atoms with Gasteiger partial charge in [-0.2, -0.15) is 0 Å². The van der Waals surface area contributed by atoms with Gasteiger partial charge < -0.3 is 11.1 Å². The minimum Gasteiger partial charge on any atom is -0.352 e. The molecule has 0 aliphatic heterocycles. The third kappa shape index (κ3) is 2.19. The number of hydrogen-bond acceptors (Lipinski definition) is 2. The molecule has 1 rings (SSSR count). The van der Waals surface area contributed by atoms with Crippen LogP contribution in [0.25, 0.3) is 0 Å². The minimum atomic E-state index is -0.367. The highest BCUT2D eigenvalue weighted by atomic mass is 16.2. The summed E-state index contributed by atoms with van der Waals surface area (Å²) in [6, 6.07) is 0.0478. The van der Waals surface area contributed by atoms with Crippen LogP contribution in [0.5, 0.6) is 0 Å². The van der Waals surface area contributed by atoms with Crippen molar-refractivity contribution in [2.45, 2.75) is 38.8 Å². The predicted octanol–water partition coefficient (Wildman–Crippen LogP) is 0.248. The summed E-state index contributed by atoms with van der Waals surface area (Å²) in [6.07, 6.45) is 2.29. The van der Waals surface area contributed by atoms with E-state index in [1.54, 1.807) is 6.92 Å². The van der Waals surface area contributed by atoms with Crippen molar-refractivity contribution in [2.75, 3.05) is 0 Å². The quantitative estimate of drug-likeness (QED) is 0.615. The van der Waals surface area contributed by atoms with Crippen LogP contribution in [0.1, 0.15) is 26.7 Å². The molecule has 0 bridgehead atoms. The van der Waals surface area contributed by atoms with E-state index in [4.69, 9.17) is 5.73 Å². The van der Waals surface area contributed by atoms with E-state index in [1.807, 2.05) is 0 Å². The lowest BCUT2D eigenvalue weighted by Gasteiger charge is -2.05. The smallest absolute Gasteiger partial charge is 0.236 e. The Morgan fingerprint density at radius 1 is 1.82 bits per heavy atom. The summed E-state index contributed by atoms with van der Waals surface area (Å²) < 4.78 is 0. The molecular weight excluding hydrogens is 140 g/mol. The third-order valence-electron chi connectivity index (χ3n) is 2.19. The van der Waals surface area contributed by atoms with Crippen molar-refractivity contribution in [2.24, 2.45) is 11.7 Å². The van der Waals surface area contributed by atoms with Gasteiger partial charge in [0.1, 0.15) is 0 Å². The lowest BCUT2D eigenvalue weighted by Crippen LogP contribution is -2.39. The molecule has 1 aliphatic carbocycles. The second kappa shape index (κ2) is 3.22. The van der Waals surface area contributed by atoms with E-state index in [0.29, 0.717) is 12.0 Å². The van der Waals surface area contributed by atoms with Crippen LogP contribution >= 0.6 is 0 Å². The molecule has 0 saturated heterocycles. The van der Waals surface area contributed by atoms with E-state index in [0.717, 1.165) is 12.8 Å². The molecule has 3 N–H and O–H groups in total. The maximum atomic E-state index is 11.0. The van der Waals surface area contributed by atoms with Gasteiger partial charge in [-0.25, -0.2) is 0 Å². The molecule has 0 aromatic heterocycles. The number of nitrogens with one attached hydrogen (secondary N) is 1. The molecule has 1 aliphatic rings. The maximum absolute atomic E-state index is 11.0. The van der Waals surface area contributed by atoms with Crippen molar-refractivity contribution in [1.29, 1.82) is 0 Å². The highest BCUT2D eigenvalue weighted by molar-refractivity contribution is 5.81. The molecule has 0 aromatic rings. The maximum Gasteiger partial charge on any atom is 0.236 e. The van der Waals surface area contributed by atoms with Gasteiger partial charge in [0.2, 0.25) is 5.91 Å². The number of carbonyl (C=O) groups is 1. The van der Waals surface area contributed by atoms with Gasteiger partial charge in [-0.3, -0.25) is 4.79 Å². The summed E-state index contributed by atoms with van der Waals surface area (Å²) in [5.41, 5.74) is 5.39. The summed E-state index contributed by atoms with van der Waals surface area (Å²) >= 11 is 0. The second-order valence-corrected chi connectivity index (χ2v) is 3.31. The number of amides is 1. The largest absolute Gasteiger partial charge is 0.352 e. The SMILES string of the molecule is CCC1CC1NC(=O)C(C)N. The van der Waals surface area contributed by atoms with Gasteiger partial charge in [0, 0.05) is 6.04 Å². The van der Waals surface area contributed by atoms with Crippen LogP contribution in [0, 0.1) is 5.92 Å². The van der Waals surface area contributed by atoms with Gasteiger partial charge in [-0.05, 0) is 19.3 Å². The lowest BCUT2D eigenvalue weighted by molar-refractivity contribution is -0.122. The number of carbonyl (C=O) groups excluding carboxylic acids is 1. The van der Waals surface area contributed by atoms with E-state index in [1.165, 1.54) is 0 Å². The fourth-order valence-corrected chi connectivity index (χ4v) is 1.19. The van der Waals surface area contributed by atoms with Crippen LogP contribution in [-0.4, -0.2) is 18.0 Å². The van der Waals surface area contributed by atoms with Crippen molar-refractivity contribution in [3.05, 3.63) is 0 Å². The van der Waals surface area contributed by atoms with Gasteiger partial charge in [-0.15, -0.1) is 0 Å². The Morgan fingerprint density at radius 2 is 2.45 bits per heavy atom. The Hall–Kier alpha value is -0.570. The first kappa shape index (κ1) is 8.53. The normalized spacial score (nSPS) is 31.2. The van der Waals surface area contributed by atoms with Crippen molar-refractivity contribution in [3.63, 3.8) is 0 Å². The summed E-state index contributed by atoms with van der Waals surface area (Å²) in [5.74, 6) is 0.684. The zero-order chi connectivity index (χ0) is 8.43. The molecule has 0 heterocycles. The van der Waals surface area contributed by atoms with Crippen molar-refractivity contribution >= 4 is 5.91 Å². The molecule has 1 fully saturated rings. The van der Waals surface area contributed by atoms with Crippen molar-refractivity contribution in [1.82, 2.24) is 5.32 Å². The van der Waals surface area contributed by atoms with E-state index in [-0.39, 0.29) is 11.9 Å². The van der Waals surface area contributed by atoms with E-state index in [2.05, 4.69) is 12.2 Å². The average Bonchev–Trinajstić information content (AvgIpc) is 2.67. The third-order valence-corrected chi connectivity index (χ3v) is 2.19. The monoisotopic (exact) mass is 156 g/mol. The van der Waals surface area contributed by atoms with Gasteiger partial charge >= 0.3 is 0 Å². The first-order valence-electron chi connectivity index (χ1n) is 4.21. The molecule has 0 spiro atoms. The zero-order valence-corrected chi connectivity index (χ0v) is 7.13. The topological polar surface area (TPSA) is 55.1 Å². The van der Waals surface area contributed by atoms with Gasteiger partial charge in [0.05, 0.1) is 6.04 Å². The van der Waals surface area contributed by atoms with Gasteiger partial charge in [-0.1, -0.05) is 13.3 Å². The molecule has 0 radical (unpaired) electrons. The Kier molecular flexibility index (Phi) is 2.49. The highest BCUT2D eigenvalue weighted by Crippen LogP contribution is 2.32. The summed E-state index contributed by atoms with van der Waals surface area (Å²) in [7, 11) is 0. The van der Waals surface area contributed by atoms with E-state index in [9.17, 15) is 4.79 Å². The summed E-state index contributed by atoms with van der Waals surface area (Å²) in [5, 5.41) is 2.89. The number of hydrogen-bond donors (Lipinski definition) is 2. The van der Waals surface area contributed by atoms with Crippen LogP contribution in [0.2, 0.25) is 0 Å². The molecule has 0 aromatic carbocycles. The summed E-state index contributed by atoms with van der Waals surface area (Å²) in [6.45, 7) is 3.85. The van der Waals surface area contributed by atoms with E-state index < -0.39 is 0 Å². The van der Waals surface area contributed by atoms with Crippen LogP contribution in [-0.2, 0) is 4.79 Å². The molecule has 1 amide bonds. The Bertz CT molecular complexity index is 156. The fourth-order valence-electron chi connectivity index (χ4n) is 1.19. The van der Waals surface area contributed by atoms with Gasteiger partial charge in [0.15, 0.2) is 0 Å². The van der Waals surface area contributed by atoms with Crippen LogP contribution < -0.4 is 11.1 Å². The fraction of sp³-hybridized carbons (Fsp3) is 0.875. The molecule has 3 unspecified atom stereocenters. The molecule has 64 valence electrons. The molecule has 3 heteroatoms. The van der Waals surface area contributed by atoms with Crippen molar-refractivity contribution in [3.8, 4) is 0 Å². The molecule has 11 heavy (non-hydrogen) atoms. The Morgan fingerprint density at radius 3 is 2.82 bits per heavy atom. The average molecular weight is 156 g/mol. The number of rotatable bonds is 3. The molecule has 3 atom stereocenters. The van der Waals surface area contributed by atoms with Crippen LogP contribution in [0.4, 0.5) is 0 Å². The number of nitrogens with two attached hydrogens (primary N) is 1.